The Hall–Kier alpha value is -1.10. The van der Waals surface area contributed by atoms with Crippen molar-refractivity contribution in [3.63, 3.8) is 0 Å². The Labute approximate surface area is 160 Å². The van der Waals surface area contributed by atoms with Gasteiger partial charge in [-0.1, -0.05) is 65.2 Å². The lowest BCUT2D eigenvalue weighted by molar-refractivity contribution is -0.148. The number of esters is 1. The van der Waals surface area contributed by atoms with Crippen molar-refractivity contribution in [2.75, 3.05) is 13.1 Å². The van der Waals surface area contributed by atoms with Crippen molar-refractivity contribution in [2.24, 2.45) is 5.92 Å². The summed E-state index contributed by atoms with van der Waals surface area (Å²) < 4.78 is 5.37. The van der Waals surface area contributed by atoms with E-state index in [-0.39, 0.29) is 18.5 Å². The Morgan fingerprint density at radius 1 is 0.808 bits per heavy atom. The number of hydrogen-bond acceptors (Lipinski definition) is 4. The summed E-state index contributed by atoms with van der Waals surface area (Å²) in [5, 5.41) is 11.4. The van der Waals surface area contributed by atoms with Crippen LogP contribution in [0.4, 0.5) is 0 Å². The number of aliphatic carboxylic acids is 1. The van der Waals surface area contributed by atoms with Gasteiger partial charge < -0.3 is 15.2 Å². The zero-order valence-corrected chi connectivity index (χ0v) is 17.2. The predicted octanol–water partition coefficient (Wildman–Crippen LogP) is 4.93. The van der Waals surface area contributed by atoms with Crippen molar-refractivity contribution in [3.05, 3.63) is 0 Å². The second-order valence-electron chi connectivity index (χ2n) is 7.74. The molecular weight excluding hydrogens is 330 g/mol. The van der Waals surface area contributed by atoms with Crippen molar-refractivity contribution in [1.82, 2.24) is 5.32 Å². The molecule has 5 nitrogen and oxygen atoms in total. The van der Waals surface area contributed by atoms with E-state index in [1.165, 1.54) is 51.4 Å². The molecule has 0 aliphatic carbocycles. The SMILES string of the molecule is CC(C)CCCCCCCCCCC(C)OC(=O)CCNCCC(=O)O. The molecule has 0 aromatic rings. The first-order chi connectivity index (χ1) is 12.4. The van der Waals surface area contributed by atoms with Crippen LogP contribution in [-0.2, 0) is 14.3 Å². The highest BCUT2D eigenvalue weighted by atomic mass is 16.5. The van der Waals surface area contributed by atoms with E-state index < -0.39 is 5.97 Å². The van der Waals surface area contributed by atoms with Crippen LogP contribution in [0.25, 0.3) is 0 Å². The van der Waals surface area contributed by atoms with Gasteiger partial charge in [-0.3, -0.25) is 9.59 Å². The Kier molecular flexibility index (Phi) is 16.6. The lowest BCUT2D eigenvalue weighted by atomic mass is 10.0. The predicted molar refractivity (Wildman–Crippen MR) is 106 cm³/mol. The van der Waals surface area contributed by atoms with Crippen LogP contribution < -0.4 is 5.32 Å². The molecule has 0 saturated carbocycles. The second kappa shape index (κ2) is 17.3. The van der Waals surface area contributed by atoms with Crippen LogP contribution in [0.2, 0.25) is 0 Å². The van der Waals surface area contributed by atoms with Gasteiger partial charge in [-0.05, 0) is 25.7 Å². The van der Waals surface area contributed by atoms with Gasteiger partial charge in [-0.15, -0.1) is 0 Å². The number of nitrogens with one attached hydrogen (secondary N) is 1. The fraction of sp³-hybridized carbons (Fsp3) is 0.905. The highest BCUT2D eigenvalue weighted by Crippen LogP contribution is 2.14. The first-order valence-corrected chi connectivity index (χ1v) is 10.5. The average Bonchev–Trinajstić information content (AvgIpc) is 2.55. The smallest absolute Gasteiger partial charge is 0.307 e. The molecule has 154 valence electrons. The Balaban J connectivity index is 3.36. The molecule has 0 aromatic carbocycles. The number of carbonyl (C=O) groups excluding carboxylic acids is 1. The molecule has 0 spiro atoms. The van der Waals surface area contributed by atoms with E-state index in [0.29, 0.717) is 19.5 Å². The molecule has 0 rings (SSSR count). The quantitative estimate of drug-likeness (QED) is 0.264. The standard InChI is InChI=1S/C21H41NO4/c1-18(2)12-10-8-6-4-5-7-9-11-13-19(3)26-21(25)15-17-22-16-14-20(23)24/h18-19,22H,4-17H2,1-3H3,(H,23,24). The van der Waals surface area contributed by atoms with Gasteiger partial charge in [0, 0.05) is 13.1 Å². The summed E-state index contributed by atoms with van der Waals surface area (Å²) in [5.41, 5.74) is 0. The minimum atomic E-state index is -0.833. The van der Waals surface area contributed by atoms with Crippen molar-refractivity contribution in [2.45, 2.75) is 104 Å². The number of hydrogen-bond donors (Lipinski definition) is 2. The van der Waals surface area contributed by atoms with Crippen LogP contribution in [0.1, 0.15) is 97.8 Å². The fourth-order valence-corrected chi connectivity index (χ4v) is 2.90. The van der Waals surface area contributed by atoms with Gasteiger partial charge in [-0.2, -0.15) is 0 Å². The molecular formula is C21H41NO4. The van der Waals surface area contributed by atoms with Gasteiger partial charge in [0.1, 0.15) is 0 Å². The number of ether oxygens (including phenoxy) is 1. The monoisotopic (exact) mass is 371 g/mol. The highest BCUT2D eigenvalue weighted by molar-refractivity contribution is 5.69. The third kappa shape index (κ3) is 19.2. The van der Waals surface area contributed by atoms with Gasteiger partial charge >= 0.3 is 11.9 Å². The van der Waals surface area contributed by atoms with E-state index in [2.05, 4.69) is 19.2 Å². The molecule has 1 atom stereocenters. The van der Waals surface area contributed by atoms with Crippen molar-refractivity contribution in [3.8, 4) is 0 Å². The van der Waals surface area contributed by atoms with Gasteiger partial charge in [0.25, 0.3) is 0 Å². The first kappa shape index (κ1) is 24.9. The zero-order valence-electron chi connectivity index (χ0n) is 17.2. The zero-order chi connectivity index (χ0) is 19.6. The van der Waals surface area contributed by atoms with Crippen LogP contribution in [0, 0.1) is 5.92 Å². The van der Waals surface area contributed by atoms with Crippen molar-refractivity contribution >= 4 is 11.9 Å². The summed E-state index contributed by atoms with van der Waals surface area (Å²) in [6.07, 6.45) is 13.0. The van der Waals surface area contributed by atoms with E-state index >= 15 is 0 Å². The van der Waals surface area contributed by atoms with Crippen molar-refractivity contribution in [1.29, 1.82) is 0 Å². The minimum absolute atomic E-state index is 0.0300. The minimum Gasteiger partial charge on any atom is -0.481 e. The first-order valence-electron chi connectivity index (χ1n) is 10.5. The molecule has 0 aliphatic heterocycles. The largest absolute Gasteiger partial charge is 0.481 e. The Bertz CT molecular complexity index is 358. The van der Waals surface area contributed by atoms with Gasteiger partial charge in [-0.25, -0.2) is 0 Å². The third-order valence-electron chi connectivity index (χ3n) is 4.50. The number of unbranched alkanes of at least 4 members (excludes halogenated alkanes) is 7. The second-order valence-corrected chi connectivity index (χ2v) is 7.74. The average molecular weight is 372 g/mol. The Morgan fingerprint density at radius 2 is 1.31 bits per heavy atom. The summed E-state index contributed by atoms with van der Waals surface area (Å²) in [6.45, 7) is 7.38. The van der Waals surface area contributed by atoms with Crippen LogP contribution in [0.3, 0.4) is 0 Å². The van der Waals surface area contributed by atoms with Crippen molar-refractivity contribution < 1.29 is 19.4 Å². The highest BCUT2D eigenvalue weighted by Gasteiger charge is 2.09. The topological polar surface area (TPSA) is 75.6 Å². The molecule has 5 heteroatoms. The van der Waals surface area contributed by atoms with E-state index in [4.69, 9.17) is 9.84 Å². The lowest BCUT2D eigenvalue weighted by Crippen LogP contribution is -2.23. The van der Waals surface area contributed by atoms with E-state index in [0.717, 1.165) is 18.8 Å². The van der Waals surface area contributed by atoms with Crippen LogP contribution in [0.15, 0.2) is 0 Å². The summed E-state index contributed by atoms with van der Waals surface area (Å²) in [6, 6.07) is 0. The number of carboxylic acid groups (broad SMARTS) is 1. The normalized spacial score (nSPS) is 12.3. The summed E-state index contributed by atoms with van der Waals surface area (Å²) in [4.78, 5) is 22.0. The molecule has 0 saturated heterocycles. The third-order valence-corrected chi connectivity index (χ3v) is 4.50. The summed E-state index contributed by atoms with van der Waals surface area (Å²) in [7, 11) is 0. The van der Waals surface area contributed by atoms with Gasteiger partial charge in [0.05, 0.1) is 18.9 Å². The number of carboxylic acids is 1. The molecule has 1 unspecified atom stereocenters. The lowest BCUT2D eigenvalue weighted by Gasteiger charge is -2.13. The molecule has 0 bridgehead atoms. The maximum Gasteiger partial charge on any atom is 0.307 e. The van der Waals surface area contributed by atoms with E-state index in [1.807, 2.05) is 6.92 Å². The number of carbonyl (C=O) groups is 2. The molecule has 0 aromatic heterocycles. The molecule has 0 fully saturated rings. The summed E-state index contributed by atoms with van der Waals surface area (Å²) >= 11 is 0. The van der Waals surface area contributed by atoms with E-state index in [9.17, 15) is 9.59 Å². The molecule has 2 N–H and O–H groups in total. The molecule has 0 aliphatic rings. The van der Waals surface area contributed by atoms with Gasteiger partial charge in [0.15, 0.2) is 0 Å². The molecule has 0 amide bonds. The molecule has 26 heavy (non-hydrogen) atoms. The van der Waals surface area contributed by atoms with Crippen LogP contribution >= 0.6 is 0 Å². The molecule has 0 radical (unpaired) electrons. The maximum atomic E-state index is 11.7. The van der Waals surface area contributed by atoms with Gasteiger partial charge in [0.2, 0.25) is 0 Å². The number of rotatable bonds is 18. The van der Waals surface area contributed by atoms with Crippen LogP contribution in [-0.4, -0.2) is 36.2 Å². The maximum absolute atomic E-state index is 11.7. The van der Waals surface area contributed by atoms with Crippen LogP contribution in [0.5, 0.6) is 0 Å². The summed E-state index contributed by atoms with van der Waals surface area (Å²) in [5.74, 6) is -0.208. The Morgan fingerprint density at radius 3 is 1.85 bits per heavy atom. The molecule has 0 heterocycles. The fourth-order valence-electron chi connectivity index (χ4n) is 2.90. The van der Waals surface area contributed by atoms with E-state index in [1.54, 1.807) is 0 Å².